The predicted molar refractivity (Wildman–Crippen MR) is 84.9 cm³/mol. The Hall–Kier alpha value is -0.910. The molecule has 0 radical (unpaired) electrons. The van der Waals surface area contributed by atoms with Gasteiger partial charge in [0.1, 0.15) is 0 Å². The predicted octanol–water partition coefficient (Wildman–Crippen LogP) is 2.28. The highest BCUT2D eigenvalue weighted by atomic mass is 32.2. The molecule has 2 rings (SSSR count). The molecule has 1 fully saturated rings. The van der Waals surface area contributed by atoms with Crippen LogP contribution in [0.25, 0.3) is 0 Å². The number of hydrogen-bond acceptors (Lipinski definition) is 4. The Kier molecular flexibility index (Phi) is 5.79. The van der Waals surface area contributed by atoms with Gasteiger partial charge in [-0.1, -0.05) is 37.1 Å². The molecule has 5 heteroatoms. The zero-order chi connectivity index (χ0) is 15.3. The highest BCUT2D eigenvalue weighted by Gasteiger charge is 2.32. The number of nitrogens with one attached hydrogen (secondary N) is 1. The summed E-state index contributed by atoms with van der Waals surface area (Å²) in [4.78, 5) is 0. The first-order chi connectivity index (χ1) is 10.0. The summed E-state index contributed by atoms with van der Waals surface area (Å²) in [7, 11) is -1.29. The van der Waals surface area contributed by atoms with Gasteiger partial charge in [0, 0.05) is 26.0 Å². The van der Waals surface area contributed by atoms with E-state index in [-0.39, 0.29) is 11.3 Å². The minimum Gasteiger partial charge on any atom is -0.380 e. The number of sulfone groups is 1. The standard InChI is InChI=1S/C16H25NO3S/c1-20-12-14-7-5-6-13(10-14)11-17-15-8-3-4-9-16(15)21(2,18)19/h5-7,10,15-17H,3-4,8-9,11-12H2,1-2H3. The Morgan fingerprint density at radius 2 is 1.95 bits per heavy atom. The number of hydrogen-bond donors (Lipinski definition) is 1. The number of benzene rings is 1. The second-order valence-corrected chi connectivity index (χ2v) is 8.16. The summed E-state index contributed by atoms with van der Waals surface area (Å²) < 4.78 is 28.9. The van der Waals surface area contributed by atoms with Crippen molar-refractivity contribution in [1.82, 2.24) is 5.32 Å². The van der Waals surface area contributed by atoms with E-state index in [1.165, 1.54) is 11.8 Å². The summed E-state index contributed by atoms with van der Waals surface area (Å²) in [5.74, 6) is 0. The lowest BCUT2D eigenvalue weighted by Gasteiger charge is -2.31. The van der Waals surface area contributed by atoms with Crippen LogP contribution in [0.3, 0.4) is 0 Å². The molecule has 0 saturated heterocycles. The first-order valence-corrected chi connectivity index (χ1v) is 9.45. The molecule has 1 aromatic carbocycles. The fourth-order valence-corrected chi connectivity index (χ4v) is 4.51. The van der Waals surface area contributed by atoms with Crippen LogP contribution in [0.4, 0.5) is 0 Å². The first-order valence-electron chi connectivity index (χ1n) is 7.49. The highest BCUT2D eigenvalue weighted by molar-refractivity contribution is 7.91. The van der Waals surface area contributed by atoms with Gasteiger partial charge in [-0.2, -0.15) is 0 Å². The average Bonchev–Trinajstić information content (AvgIpc) is 2.45. The summed E-state index contributed by atoms with van der Waals surface area (Å²) in [6.45, 7) is 1.30. The minimum absolute atomic E-state index is 0.0693. The molecule has 2 atom stereocenters. The van der Waals surface area contributed by atoms with Gasteiger partial charge in [-0.15, -0.1) is 0 Å². The van der Waals surface area contributed by atoms with Gasteiger partial charge >= 0.3 is 0 Å². The number of methoxy groups -OCH3 is 1. The molecule has 1 aromatic rings. The average molecular weight is 311 g/mol. The molecule has 0 amide bonds. The normalized spacial score (nSPS) is 23.1. The first kappa shape index (κ1) is 16.5. The molecule has 1 aliphatic carbocycles. The van der Waals surface area contributed by atoms with Gasteiger partial charge in [-0.05, 0) is 24.0 Å². The summed E-state index contributed by atoms with van der Waals surface area (Å²) in [6.07, 6.45) is 5.19. The van der Waals surface area contributed by atoms with Crippen LogP contribution >= 0.6 is 0 Å². The lowest BCUT2D eigenvalue weighted by Crippen LogP contribution is -2.45. The van der Waals surface area contributed by atoms with Gasteiger partial charge < -0.3 is 10.1 Å². The smallest absolute Gasteiger partial charge is 0.151 e. The van der Waals surface area contributed by atoms with E-state index in [0.29, 0.717) is 13.2 Å². The van der Waals surface area contributed by atoms with Crippen LogP contribution in [-0.2, 0) is 27.7 Å². The van der Waals surface area contributed by atoms with Gasteiger partial charge in [0.05, 0.1) is 11.9 Å². The Bertz CT molecular complexity index is 556. The van der Waals surface area contributed by atoms with Crippen molar-refractivity contribution in [1.29, 1.82) is 0 Å². The van der Waals surface area contributed by atoms with Crippen LogP contribution in [0, 0.1) is 0 Å². The minimum atomic E-state index is -2.98. The van der Waals surface area contributed by atoms with Crippen LogP contribution in [0.15, 0.2) is 24.3 Å². The topological polar surface area (TPSA) is 55.4 Å². The zero-order valence-electron chi connectivity index (χ0n) is 12.8. The maximum absolute atomic E-state index is 11.9. The molecular weight excluding hydrogens is 286 g/mol. The summed E-state index contributed by atoms with van der Waals surface area (Å²) in [5, 5.41) is 3.20. The Balaban J connectivity index is 1.99. The summed E-state index contributed by atoms with van der Waals surface area (Å²) in [5.41, 5.74) is 2.31. The van der Waals surface area contributed by atoms with Crippen LogP contribution < -0.4 is 5.32 Å². The van der Waals surface area contributed by atoms with Gasteiger partial charge in [-0.25, -0.2) is 8.42 Å². The lowest BCUT2D eigenvalue weighted by atomic mass is 9.94. The van der Waals surface area contributed by atoms with E-state index in [0.717, 1.165) is 31.2 Å². The fourth-order valence-electron chi connectivity index (χ4n) is 3.09. The SMILES string of the molecule is COCc1cccc(CNC2CCCCC2S(C)(=O)=O)c1. The lowest BCUT2D eigenvalue weighted by molar-refractivity contribution is 0.185. The number of ether oxygens (including phenoxy) is 1. The fraction of sp³-hybridized carbons (Fsp3) is 0.625. The molecule has 0 aromatic heterocycles. The molecule has 1 N–H and O–H groups in total. The van der Waals surface area contributed by atoms with Crippen molar-refractivity contribution in [2.75, 3.05) is 13.4 Å². The molecule has 0 heterocycles. The molecular formula is C16H25NO3S. The van der Waals surface area contributed by atoms with Crippen molar-refractivity contribution in [2.45, 2.75) is 50.1 Å². The molecule has 0 aliphatic heterocycles. The molecule has 1 saturated carbocycles. The molecule has 1 aliphatic rings. The maximum atomic E-state index is 11.9. The third kappa shape index (κ3) is 4.80. The third-order valence-corrected chi connectivity index (χ3v) is 5.79. The van der Waals surface area contributed by atoms with Crippen molar-refractivity contribution in [3.63, 3.8) is 0 Å². The Morgan fingerprint density at radius 1 is 1.24 bits per heavy atom. The maximum Gasteiger partial charge on any atom is 0.151 e. The van der Waals surface area contributed by atoms with Crippen molar-refractivity contribution in [3.8, 4) is 0 Å². The summed E-state index contributed by atoms with van der Waals surface area (Å²) in [6, 6.07) is 8.28. The molecule has 2 unspecified atom stereocenters. The van der Waals surface area contributed by atoms with Crippen LogP contribution in [-0.4, -0.2) is 33.1 Å². The Labute approximate surface area is 127 Å². The van der Waals surface area contributed by atoms with E-state index in [2.05, 4.69) is 17.4 Å². The van der Waals surface area contributed by atoms with Crippen molar-refractivity contribution in [3.05, 3.63) is 35.4 Å². The molecule has 0 bridgehead atoms. The second-order valence-electron chi connectivity index (χ2n) is 5.89. The largest absolute Gasteiger partial charge is 0.380 e. The molecule has 21 heavy (non-hydrogen) atoms. The van der Waals surface area contributed by atoms with Crippen molar-refractivity contribution in [2.24, 2.45) is 0 Å². The molecule has 0 spiro atoms. The highest BCUT2D eigenvalue weighted by Crippen LogP contribution is 2.24. The van der Waals surface area contributed by atoms with Gasteiger partial charge in [0.2, 0.25) is 0 Å². The van der Waals surface area contributed by atoms with E-state index in [4.69, 9.17) is 4.74 Å². The quantitative estimate of drug-likeness (QED) is 0.876. The van der Waals surface area contributed by atoms with Crippen molar-refractivity contribution >= 4 is 9.84 Å². The van der Waals surface area contributed by atoms with Crippen LogP contribution in [0.1, 0.15) is 36.8 Å². The third-order valence-electron chi connectivity index (χ3n) is 4.12. The zero-order valence-corrected chi connectivity index (χ0v) is 13.7. The monoisotopic (exact) mass is 311 g/mol. The van der Waals surface area contributed by atoms with Gasteiger partial charge in [0.15, 0.2) is 9.84 Å². The van der Waals surface area contributed by atoms with E-state index in [1.807, 2.05) is 12.1 Å². The van der Waals surface area contributed by atoms with Gasteiger partial charge in [0.25, 0.3) is 0 Å². The summed E-state index contributed by atoms with van der Waals surface area (Å²) >= 11 is 0. The van der Waals surface area contributed by atoms with Gasteiger partial charge in [-0.3, -0.25) is 0 Å². The van der Waals surface area contributed by atoms with E-state index in [9.17, 15) is 8.42 Å². The van der Waals surface area contributed by atoms with Crippen LogP contribution in [0.2, 0.25) is 0 Å². The second kappa shape index (κ2) is 7.38. The number of rotatable bonds is 6. The molecule has 4 nitrogen and oxygen atoms in total. The van der Waals surface area contributed by atoms with Crippen molar-refractivity contribution < 1.29 is 13.2 Å². The molecule has 118 valence electrons. The van der Waals surface area contributed by atoms with E-state index in [1.54, 1.807) is 7.11 Å². The Morgan fingerprint density at radius 3 is 2.67 bits per heavy atom. The van der Waals surface area contributed by atoms with Crippen LogP contribution in [0.5, 0.6) is 0 Å². The van der Waals surface area contributed by atoms with E-state index >= 15 is 0 Å². The van der Waals surface area contributed by atoms with E-state index < -0.39 is 9.84 Å².